The maximum Gasteiger partial charge on any atom is 0.335 e. The SMILES string of the molecule is CC(C)=CCCC(C)=CCCC(C)=CCCC(C)=CCCC(C)=CCCC(C)=CCCC(C)=CCc1cc(C(=O)O)ccc1O. The van der Waals surface area contributed by atoms with Crippen LogP contribution < -0.4 is 0 Å². The maximum atomic E-state index is 11.2. The molecule has 0 saturated heterocycles. The van der Waals surface area contributed by atoms with Gasteiger partial charge >= 0.3 is 5.97 Å². The first kappa shape index (κ1) is 39.7. The van der Waals surface area contributed by atoms with Crippen molar-refractivity contribution in [3.8, 4) is 5.75 Å². The minimum atomic E-state index is -0.977. The molecule has 1 rings (SSSR count). The molecule has 3 nitrogen and oxygen atoms in total. The predicted octanol–water partition coefficient (Wildman–Crippen LogP) is 13.0. The predicted molar refractivity (Wildman–Crippen MR) is 196 cm³/mol. The van der Waals surface area contributed by atoms with Crippen molar-refractivity contribution < 1.29 is 15.0 Å². The van der Waals surface area contributed by atoms with Crippen LogP contribution in [0.4, 0.5) is 0 Å². The van der Waals surface area contributed by atoms with Crippen molar-refractivity contribution in [1.82, 2.24) is 0 Å². The van der Waals surface area contributed by atoms with Crippen LogP contribution in [0.1, 0.15) is 148 Å². The zero-order valence-electron chi connectivity index (χ0n) is 29.8. The molecule has 0 fully saturated rings. The summed E-state index contributed by atoms with van der Waals surface area (Å²) in [4.78, 5) is 11.2. The van der Waals surface area contributed by atoms with Gasteiger partial charge in [0.05, 0.1) is 5.56 Å². The molecule has 0 unspecified atom stereocenters. The van der Waals surface area contributed by atoms with Gasteiger partial charge in [0.25, 0.3) is 0 Å². The third-order valence-electron chi connectivity index (χ3n) is 8.25. The topological polar surface area (TPSA) is 57.5 Å². The van der Waals surface area contributed by atoms with E-state index in [-0.39, 0.29) is 11.3 Å². The summed E-state index contributed by atoms with van der Waals surface area (Å²) in [7, 11) is 0. The normalized spacial score (nSPS) is 13.8. The van der Waals surface area contributed by atoms with Crippen LogP contribution in [0.3, 0.4) is 0 Å². The highest BCUT2D eigenvalue weighted by atomic mass is 16.4. The summed E-state index contributed by atoms with van der Waals surface area (Å²) in [5.74, 6) is -0.835. The Bertz CT molecular complexity index is 1270. The Morgan fingerprint density at radius 1 is 0.533 bits per heavy atom. The number of phenolic OH excluding ortho intramolecular Hbond substituents is 1. The van der Waals surface area contributed by atoms with E-state index in [0.717, 1.165) is 70.6 Å². The summed E-state index contributed by atoms with van der Waals surface area (Å²) in [6.45, 7) is 17.7. The number of benzene rings is 1. The molecule has 0 aliphatic heterocycles. The second-order valence-corrected chi connectivity index (χ2v) is 13.2. The minimum absolute atomic E-state index is 0.142. The maximum absolute atomic E-state index is 11.2. The number of carbonyl (C=O) groups is 1. The van der Waals surface area contributed by atoms with Gasteiger partial charge in [0.1, 0.15) is 5.75 Å². The first-order chi connectivity index (χ1) is 21.4. The summed E-state index contributed by atoms with van der Waals surface area (Å²) >= 11 is 0. The minimum Gasteiger partial charge on any atom is -0.508 e. The summed E-state index contributed by atoms with van der Waals surface area (Å²) in [6.07, 6.45) is 30.2. The Labute approximate surface area is 275 Å². The van der Waals surface area contributed by atoms with Gasteiger partial charge < -0.3 is 10.2 Å². The van der Waals surface area contributed by atoms with E-state index in [9.17, 15) is 15.0 Å². The molecule has 0 atom stereocenters. The fourth-order valence-corrected chi connectivity index (χ4v) is 5.10. The van der Waals surface area contributed by atoms with Crippen LogP contribution in [-0.4, -0.2) is 16.2 Å². The Morgan fingerprint density at radius 3 is 1.20 bits per heavy atom. The molecule has 0 bridgehead atoms. The number of allylic oxidation sites excluding steroid dienone is 14. The third kappa shape index (κ3) is 20.3. The monoisotopic (exact) mass is 614 g/mol. The number of carboxylic acid groups (broad SMARTS) is 1. The molecule has 0 saturated carbocycles. The van der Waals surface area contributed by atoms with E-state index >= 15 is 0 Å². The summed E-state index contributed by atoms with van der Waals surface area (Å²) in [5, 5.41) is 19.2. The molecule has 0 amide bonds. The largest absolute Gasteiger partial charge is 0.508 e. The van der Waals surface area contributed by atoms with Crippen molar-refractivity contribution in [3.05, 3.63) is 111 Å². The van der Waals surface area contributed by atoms with E-state index in [0.29, 0.717) is 12.0 Å². The first-order valence-corrected chi connectivity index (χ1v) is 17.0. The zero-order chi connectivity index (χ0) is 33.6. The highest BCUT2D eigenvalue weighted by molar-refractivity contribution is 5.88. The lowest BCUT2D eigenvalue weighted by Crippen LogP contribution is -1.97. The van der Waals surface area contributed by atoms with Gasteiger partial charge in [-0.15, -0.1) is 0 Å². The van der Waals surface area contributed by atoms with Crippen LogP contribution in [0.5, 0.6) is 5.75 Å². The Balaban J connectivity index is 2.30. The van der Waals surface area contributed by atoms with E-state index in [1.807, 2.05) is 0 Å². The van der Waals surface area contributed by atoms with E-state index in [4.69, 9.17) is 0 Å². The molecule has 2 N–H and O–H groups in total. The number of hydrogen-bond donors (Lipinski definition) is 2. The van der Waals surface area contributed by atoms with Gasteiger partial charge in [-0.3, -0.25) is 0 Å². The lowest BCUT2D eigenvalue weighted by molar-refractivity contribution is 0.0696. The second-order valence-electron chi connectivity index (χ2n) is 13.2. The molecule has 1 aromatic carbocycles. The molecule has 1 aromatic rings. The van der Waals surface area contributed by atoms with Gasteiger partial charge in [0.2, 0.25) is 0 Å². The number of carboxylic acids is 1. The molecule has 0 aliphatic carbocycles. The van der Waals surface area contributed by atoms with Crippen molar-refractivity contribution in [2.45, 2.75) is 139 Å². The molecule has 0 aromatic heterocycles. The number of aromatic carboxylic acids is 1. The number of rotatable bonds is 21. The van der Waals surface area contributed by atoms with Crippen molar-refractivity contribution >= 4 is 5.97 Å². The Kier molecular flexibility index (Phi) is 20.4. The average molecular weight is 615 g/mol. The van der Waals surface area contributed by atoms with Crippen molar-refractivity contribution in [2.24, 2.45) is 0 Å². The fraction of sp³-hybridized carbons (Fsp3) is 0.500. The van der Waals surface area contributed by atoms with Crippen LogP contribution in [0.25, 0.3) is 0 Å². The standard InChI is InChI=1S/C42H62O3/c1-32(2)15-9-16-33(3)17-10-18-34(4)19-11-20-35(5)21-12-22-36(6)23-13-24-37(7)25-14-26-38(8)27-28-39-31-40(42(44)45)29-30-41(39)43/h15,17,19,21,23,25,27,29-31,43H,9-14,16,18,20,22,24,26,28H2,1-8H3,(H,44,45). The van der Waals surface area contributed by atoms with Gasteiger partial charge in [0.15, 0.2) is 0 Å². The molecule has 0 heterocycles. The molecule has 248 valence electrons. The lowest BCUT2D eigenvalue weighted by atomic mass is 10.0. The van der Waals surface area contributed by atoms with Gasteiger partial charge in [-0.05, 0) is 163 Å². The second kappa shape index (κ2) is 23.1. The Hall–Kier alpha value is -3.33. The van der Waals surface area contributed by atoms with E-state index in [1.165, 1.54) is 57.6 Å². The first-order valence-electron chi connectivity index (χ1n) is 17.0. The van der Waals surface area contributed by atoms with Crippen molar-refractivity contribution in [2.75, 3.05) is 0 Å². The number of aromatic hydroxyl groups is 1. The molecule has 0 aliphatic rings. The quantitative estimate of drug-likeness (QED) is 0.135. The molecule has 45 heavy (non-hydrogen) atoms. The smallest absolute Gasteiger partial charge is 0.335 e. The number of phenols is 1. The van der Waals surface area contributed by atoms with Gasteiger partial charge in [-0.2, -0.15) is 0 Å². The van der Waals surface area contributed by atoms with Crippen LogP contribution in [0.15, 0.2) is 99.7 Å². The number of hydrogen-bond acceptors (Lipinski definition) is 2. The van der Waals surface area contributed by atoms with E-state index < -0.39 is 5.97 Å². The van der Waals surface area contributed by atoms with Crippen LogP contribution in [-0.2, 0) is 6.42 Å². The molecular formula is C42H62O3. The highest BCUT2D eigenvalue weighted by Gasteiger charge is 2.07. The van der Waals surface area contributed by atoms with E-state index in [2.05, 4.69) is 97.9 Å². The van der Waals surface area contributed by atoms with Crippen LogP contribution in [0, 0.1) is 0 Å². The summed E-state index contributed by atoms with van der Waals surface area (Å²) < 4.78 is 0. The van der Waals surface area contributed by atoms with E-state index in [1.54, 1.807) is 6.07 Å². The van der Waals surface area contributed by atoms with Crippen LogP contribution >= 0.6 is 0 Å². The molecular weight excluding hydrogens is 552 g/mol. The zero-order valence-corrected chi connectivity index (χ0v) is 29.8. The Morgan fingerprint density at radius 2 is 0.867 bits per heavy atom. The van der Waals surface area contributed by atoms with Gasteiger partial charge in [-0.25, -0.2) is 4.79 Å². The van der Waals surface area contributed by atoms with Crippen molar-refractivity contribution in [1.29, 1.82) is 0 Å². The highest BCUT2D eigenvalue weighted by Crippen LogP contribution is 2.21. The summed E-state index contributed by atoms with van der Waals surface area (Å²) in [6, 6.07) is 4.44. The third-order valence-corrected chi connectivity index (χ3v) is 8.25. The van der Waals surface area contributed by atoms with Crippen LogP contribution in [0.2, 0.25) is 0 Å². The molecule has 0 radical (unpaired) electrons. The molecule has 0 spiro atoms. The van der Waals surface area contributed by atoms with Gasteiger partial charge in [-0.1, -0.05) is 81.5 Å². The fourth-order valence-electron chi connectivity index (χ4n) is 5.10. The average Bonchev–Trinajstić information content (AvgIpc) is 2.96. The molecule has 3 heteroatoms. The van der Waals surface area contributed by atoms with Crippen molar-refractivity contribution in [3.63, 3.8) is 0 Å². The summed E-state index contributed by atoms with van der Waals surface area (Å²) in [5.41, 5.74) is 10.9. The lowest BCUT2D eigenvalue weighted by Gasteiger charge is -2.05. The van der Waals surface area contributed by atoms with Gasteiger partial charge in [0, 0.05) is 0 Å².